The molecule has 1 N–H and O–H groups in total. The molecule has 0 aromatic carbocycles. The number of hydrogen-bond acceptors (Lipinski definition) is 3. The fourth-order valence-corrected chi connectivity index (χ4v) is 1.74. The maximum absolute atomic E-state index is 5.53. The molecular weight excluding hydrogens is 200 g/mol. The van der Waals surface area contributed by atoms with Crippen LogP contribution >= 0.6 is 0 Å². The van der Waals surface area contributed by atoms with Crippen molar-refractivity contribution in [1.29, 1.82) is 0 Å². The van der Waals surface area contributed by atoms with Crippen LogP contribution in [0.25, 0.3) is 0 Å². The Labute approximate surface area is 99.7 Å². The number of aliphatic imine (C=N–C) groups is 1. The van der Waals surface area contributed by atoms with Gasteiger partial charge in [0.2, 0.25) is 0 Å². The first kappa shape index (κ1) is 13.5. The molecule has 3 heteroatoms. The van der Waals surface area contributed by atoms with Gasteiger partial charge in [0.25, 0.3) is 0 Å². The Morgan fingerprint density at radius 3 is 3.00 bits per heavy atom. The lowest BCUT2D eigenvalue weighted by Crippen LogP contribution is -2.25. The van der Waals surface area contributed by atoms with Gasteiger partial charge >= 0.3 is 0 Å². The Morgan fingerprint density at radius 2 is 2.19 bits per heavy atom. The zero-order valence-corrected chi connectivity index (χ0v) is 10.8. The fraction of sp³-hybridized carbons (Fsp3) is 0.923. The Bertz CT molecular complexity index is 202. The minimum absolute atomic E-state index is 0.638. The van der Waals surface area contributed by atoms with Gasteiger partial charge in [0.05, 0.1) is 5.84 Å². The molecule has 0 spiro atoms. The predicted octanol–water partition coefficient (Wildman–Crippen LogP) is 2.61. The molecule has 1 aliphatic heterocycles. The fourth-order valence-electron chi connectivity index (χ4n) is 1.74. The highest BCUT2D eigenvalue weighted by Crippen LogP contribution is 2.05. The number of nitrogens with zero attached hydrogens (tertiary/aromatic N) is 1. The van der Waals surface area contributed by atoms with Crippen molar-refractivity contribution in [2.24, 2.45) is 10.9 Å². The largest absolute Gasteiger partial charge is 0.381 e. The third-order valence-electron chi connectivity index (χ3n) is 2.62. The molecule has 1 rings (SSSR count). The van der Waals surface area contributed by atoms with Crippen LogP contribution in [0, 0.1) is 5.92 Å². The standard InChI is InChI=1S/C13H26N2O/c1-12(2)11-16-10-6-9-15-13-7-4-3-5-8-14-13/h12H,3-11H2,1-2H3,(H,14,15). The average Bonchev–Trinajstić information content (AvgIpc) is 2.51. The normalized spacial score (nSPS) is 17.1. The summed E-state index contributed by atoms with van der Waals surface area (Å²) in [5, 5.41) is 3.42. The lowest BCUT2D eigenvalue weighted by atomic mass is 10.2. The second kappa shape index (κ2) is 8.57. The molecule has 0 fully saturated rings. The molecule has 0 aromatic heterocycles. The van der Waals surface area contributed by atoms with E-state index in [0.29, 0.717) is 5.92 Å². The maximum atomic E-state index is 5.53. The quantitative estimate of drug-likeness (QED) is 0.706. The van der Waals surface area contributed by atoms with Crippen LogP contribution in [0.1, 0.15) is 46.0 Å². The van der Waals surface area contributed by atoms with E-state index >= 15 is 0 Å². The summed E-state index contributed by atoms with van der Waals surface area (Å²) in [4.78, 5) is 4.53. The smallest absolute Gasteiger partial charge is 0.0963 e. The van der Waals surface area contributed by atoms with Gasteiger partial charge in [-0.3, -0.25) is 4.99 Å². The second-order valence-corrected chi connectivity index (χ2v) is 4.89. The van der Waals surface area contributed by atoms with E-state index in [0.717, 1.165) is 39.1 Å². The first-order valence-corrected chi connectivity index (χ1v) is 6.64. The lowest BCUT2D eigenvalue weighted by molar-refractivity contribution is 0.108. The molecule has 94 valence electrons. The number of hydrogen-bond donors (Lipinski definition) is 1. The Balaban J connectivity index is 1.95. The van der Waals surface area contributed by atoms with E-state index in [1.165, 1.54) is 25.1 Å². The molecule has 1 heterocycles. The van der Waals surface area contributed by atoms with Gasteiger partial charge in [-0.25, -0.2) is 0 Å². The van der Waals surface area contributed by atoms with Crippen LogP contribution in [0.3, 0.4) is 0 Å². The molecule has 0 saturated heterocycles. The van der Waals surface area contributed by atoms with Crippen LogP contribution in [0.2, 0.25) is 0 Å². The van der Waals surface area contributed by atoms with Crippen LogP contribution in [-0.2, 0) is 4.74 Å². The minimum atomic E-state index is 0.638. The highest BCUT2D eigenvalue weighted by atomic mass is 16.5. The van der Waals surface area contributed by atoms with Gasteiger partial charge in [0.15, 0.2) is 0 Å². The van der Waals surface area contributed by atoms with E-state index in [1.54, 1.807) is 0 Å². The van der Waals surface area contributed by atoms with E-state index in [9.17, 15) is 0 Å². The van der Waals surface area contributed by atoms with Gasteiger partial charge in [0, 0.05) is 32.7 Å². The third-order valence-corrected chi connectivity index (χ3v) is 2.62. The topological polar surface area (TPSA) is 33.6 Å². The van der Waals surface area contributed by atoms with Crippen molar-refractivity contribution in [1.82, 2.24) is 5.32 Å². The van der Waals surface area contributed by atoms with Crippen molar-refractivity contribution in [2.75, 3.05) is 26.3 Å². The lowest BCUT2D eigenvalue weighted by Gasteiger charge is -2.09. The zero-order chi connectivity index (χ0) is 11.6. The molecule has 0 bridgehead atoms. The van der Waals surface area contributed by atoms with Crippen LogP contribution in [0.5, 0.6) is 0 Å². The number of nitrogens with one attached hydrogen (secondary N) is 1. The summed E-state index contributed by atoms with van der Waals surface area (Å²) in [6.07, 6.45) is 6.07. The van der Waals surface area contributed by atoms with E-state index in [2.05, 4.69) is 24.2 Å². The Morgan fingerprint density at radius 1 is 1.31 bits per heavy atom. The molecule has 0 radical (unpaired) electrons. The van der Waals surface area contributed by atoms with E-state index in [4.69, 9.17) is 4.74 Å². The molecule has 0 saturated carbocycles. The van der Waals surface area contributed by atoms with E-state index < -0.39 is 0 Å². The van der Waals surface area contributed by atoms with Gasteiger partial charge in [-0.2, -0.15) is 0 Å². The maximum Gasteiger partial charge on any atom is 0.0963 e. The van der Waals surface area contributed by atoms with Gasteiger partial charge in [-0.15, -0.1) is 0 Å². The molecule has 0 amide bonds. The van der Waals surface area contributed by atoms with Crippen LogP contribution in [0.15, 0.2) is 4.99 Å². The van der Waals surface area contributed by atoms with Crippen molar-refractivity contribution in [2.45, 2.75) is 46.0 Å². The van der Waals surface area contributed by atoms with Crippen LogP contribution < -0.4 is 5.32 Å². The highest BCUT2D eigenvalue weighted by molar-refractivity contribution is 5.82. The monoisotopic (exact) mass is 226 g/mol. The Kier molecular flexibility index (Phi) is 7.23. The summed E-state index contributed by atoms with van der Waals surface area (Å²) in [5.41, 5.74) is 0. The van der Waals surface area contributed by atoms with Crippen molar-refractivity contribution >= 4 is 5.84 Å². The van der Waals surface area contributed by atoms with Gasteiger partial charge < -0.3 is 10.1 Å². The van der Waals surface area contributed by atoms with Gasteiger partial charge in [0.1, 0.15) is 0 Å². The molecule has 0 unspecified atom stereocenters. The van der Waals surface area contributed by atoms with Crippen molar-refractivity contribution in [3.63, 3.8) is 0 Å². The summed E-state index contributed by atoms with van der Waals surface area (Å²) < 4.78 is 5.53. The first-order chi connectivity index (χ1) is 7.79. The van der Waals surface area contributed by atoms with Crippen LogP contribution in [0.4, 0.5) is 0 Å². The first-order valence-electron chi connectivity index (χ1n) is 6.64. The summed E-state index contributed by atoms with van der Waals surface area (Å²) in [6.45, 7) is 8.10. The molecular formula is C13H26N2O. The SMILES string of the molecule is CC(C)COCCCNC1=NCCCCC1. The van der Waals surface area contributed by atoms with Crippen molar-refractivity contribution in [3.8, 4) is 0 Å². The van der Waals surface area contributed by atoms with Crippen molar-refractivity contribution < 1.29 is 4.74 Å². The summed E-state index contributed by atoms with van der Waals surface area (Å²) >= 11 is 0. The molecule has 1 aliphatic rings. The molecule has 0 aromatic rings. The summed E-state index contributed by atoms with van der Waals surface area (Å²) in [7, 11) is 0. The third kappa shape index (κ3) is 6.83. The van der Waals surface area contributed by atoms with Crippen molar-refractivity contribution in [3.05, 3.63) is 0 Å². The van der Waals surface area contributed by atoms with Gasteiger partial charge in [-0.1, -0.05) is 20.3 Å². The summed E-state index contributed by atoms with van der Waals surface area (Å²) in [5.74, 6) is 1.85. The zero-order valence-electron chi connectivity index (χ0n) is 10.8. The minimum Gasteiger partial charge on any atom is -0.381 e. The molecule has 0 aliphatic carbocycles. The molecule has 3 nitrogen and oxygen atoms in total. The number of rotatable bonds is 6. The summed E-state index contributed by atoms with van der Waals surface area (Å²) in [6, 6.07) is 0. The number of amidine groups is 1. The number of ether oxygens (including phenoxy) is 1. The van der Waals surface area contributed by atoms with Crippen LogP contribution in [-0.4, -0.2) is 32.1 Å². The van der Waals surface area contributed by atoms with E-state index in [1.807, 2.05) is 0 Å². The highest BCUT2D eigenvalue weighted by Gasteiger charge is 2.02. The van der Waals surface area contributed by atoms with Gasteiger partial charge in [-0.05, 0) is 25.2 Å². The second-order valence-electron chi connectivity index (χ2n) is 4.89. The Hall–Kier alpha value is -0.570. The molecule has 0 atom stereocenters. The average molecular weight is 226 g/mol. The molecule has 16 heavy (non-hydrogen) atoms. The van der Waals surface area contributed by atoms with E-state index in [-0.39, 0.29) is 0 Å². The predicted molar refractivity (Wildman–Crippen MR) is 69.0 cm³/mol.